The standard InChI is InChI=1S/C16H22FN5O/c1-21-5-6-23-15(16(21)14-9-20-11-22(14)2)10-19-7-12-3-4-18-8-13(12)17/h3-4,8-9,11,15-16,19H,5-7,10H2,1-2H3/t15-,16-/m0/s1. The molecular weight excluding hydrogens is 297 g/mol. The lowest BCUT2D eigenvalue weighted by Gasteiger charge is -2.39. The molecule has 2 aromatic heterocycles. The summed E-state index contributed by atoms with van der Waals surface area (Å²) in [6.07, 6.45) is 6.51. The van der Waals surface area contributed by atoms with Gasteiger partial charge in [-0.2, -0.15) is 0 Å². The first-order valence-corrected chi connectivity index (χ1v) is 7.74. The van der Waals surface area contributed by atoms with E-state index in [1.54, 1.807) is 18.6 Å². The van der Waals surface area contributed by atoms with Crippen LogP contribution >= 0.6 is 0 Å². The number of nitrogens with one attached hydrogen (secondary N) is 1. The Morgan fingerprint density at radius 2 is 2.22 bits per heavy atom. The van der Waals surface area contributed by atoms with E-state index in [9.17, 15) is 4.39 Å². The largest absolute Gasteiger partial charge is 0.374 e. The van der Waals surface area contributed by atoms with Crippen LogP contribution < -0.4 is 5.32 Å². The number of aromatic nitrogens is 3. The van der Waals surface area contributed by atoms with E-state index >= 15 is 0 Å². The fourth-order valence-electron chi connectivity index (χ4n) is 3.00. The summed E-state index contributed by atoms with van der Waals surface area (Å²) in [6.45, 7) is 2.67. The summed E-state index contributed by atoms with van der Waals surface area (Å²) in [5.74, 6) is -0.287. The summed E-state index contributed by atoms with van der Waals surface area (Å²) < 4.78 is 21.6. The van der Waals surface area contributed by atoms with E-state index in [1.807, 2.05) is 17.8 Å². The van der Waals surface area contributed by atoms with E-state index in [-0.39, 0.29) is 18.0 Å². The summed E-state index contributed by atoms with van der Waals surface area (Å²) in [6, 6.07) is 1.82. The van der Waals surface area contributed by atoms with Gasteiger partial charge in [-0.15, -0.1) is 0 Å². The van der Waals surface area contributed by atoms with Crippen molar-refractivity contribution in [2.24, 2.45) is 7.05 Å². The van der Waals surface area contributed by atoms with Gasteiger partial charge in [-0.1, -0.05) is 0 Å². The topological polar surface area (TPSA) is 55.2 Å². The Hall–Kier alpha value is -1.83. The number of aryl methyl sites for hydroxylation is 1. The third kappa shape index (κ3) is 3.57. The average Bonchev–Trinajstić information content (AvgIpc) is 2.95. The molecule has 3 rings (SSSR count). The van der Waals surface area contributed by atoms with E-state index in [2.05, 4.69) is 27.2 Å². The number of ether oxygens (including phenoxy) is 1. The van der Waals surface area contributed by atoms with Crippen LogP contribution in [0.2, 0.25) is 0 Å². The number of hydrogen-bond acceptors (Lipinski definition) is 5. The van der Waals surface area contributed by atoms with Crippen LogP contribution in [0.1, 0.15) is 17.3 Å². The summed E-state index contributed by atoms with van der Waals surface area (Å²) in [5.41, 5.74) is 1.73. The van der Waals surface area contributed by atoms with E-state index in [0.29, 0.717) is 25.3 Å². The highest BCUT2D eigenvalue weighted by molar-refractivity contribution is 5.13. The van der Waals surface area contributed by atoms with E-state index in [1.165, 1.54) is 6.20 Å². The molecule has 0 bridgehead atoms. The first-order chi connectivity index (χ1) is 11.2. The molecule has 2 atom stereocenters. The Bertz CT molecular complexity index is 647. The van der Waals surface area contributed by atoms with Crippen LogP contribution in [0.5, 0.6) is 0 Å². The smallest absolute Gasteiger partial charge is 0.145 e. The fraction of sp³-hybridized carbons (Fsp3) is 0.500. The number of pyridine rings is 1. The second-order valence-electron chi connectivity index (χ2n) is 5.86. The van der Waals surface area contributed by atoms with Gasteiger partial charge in [0, 0.05) is 44.6 Å². The van der Waals surface area contributed by atoms with Gasteiger partial charge in [-0.25, -0.2) is 9.37 Å². The molecule has 0 amide bonds. The number of nitrogens with zero attached hydrogens (tertiary/aromatic N) is 4. The second-order valence-corrected chi connectivity index (χ2v) is 5.86. The average molecular weight is 319 g/mol. The lowest BCUT2D eigenvalue weighted by Crippen LogP contribution is -2.47. The van der Waals surface area contributed by atoms with Crippen LogP contribution in [0.15, 0.2) is 31.0 Å². The lowest BCUT2D eigenvalue weighted by atomic mass is 10.0. The van der Waals surface area contributed by atoms with Gasteiger partial charge in [0.2, 0.25) is 0 Å². The monoisotopic (exact) mass is 319 g/mol. The van der Waals surface area contributed by atoms with Crippen LogP contribution in [0.4, 0.5) is 4.39 Å². The molecule has 0 aromatic carbocycles. The van der Waals surface area contributed by atoms with Crippen molar-refractivity contribution in [3.05, 3.63) is 48.1 Å². The molecule has 3 heterocycles. The third-order valence-electron chi connectivity index (χ3n) is 4.28. The number of imidazole rings is 1. The van der Waals surface area contributed by atoms with Gasteiger partial charge < -0.3 is 14.6 Å². The summed E-state index contributed by atoms with van der Waals surface area (Å²) in [4.78, 5) is 10.3. The molecule has 0 unspecified atom stereocenters. The summed E-state index contributed by atoms with van der Waals surface area (Å²) in [7, 11) is 4.08. The van der Waals surface area contributed by atoms with Crippen molar-refractivity contribution in [2.45, 2.75) is 18.7 Å². The summed E-state index contributed by atoms with van der Waals surface area (Å²) in [5, 5.41) is 3.30. The van der Waals surface area contributed by atoms with Gasteiger partial charge in [0.25, 0.3) is 0 Å². The van der Waals surface area contributed by atoms with Gasteiger partial charge >= 0.3 is 0 Å². The molecule has 1 N–H and O–H groups in total. The molecule has 0 radical (unpaired) electrons. The van der Waals surface area contributed by atoms with Crippen LogP contribution in [-0.4, -0.2) is 52.3 Å². The Balaban J connectivity index is 1.65. The van der Waals surface area contributed by atoms with Gasteiger partial charge in [0.1, 0.15) is 5.82 Å². The minimum atomic E-state index is -0.287. The normalized spacial score (nSPS) is 22.4. The zero-order valence-electron chi connectivity index (χ0n) is 13.4. The molecule has 1 aliphatic heterocycles. The quantitative estimate of drug-likeness (QED) is 0.895. The van der Waals surface area contributed by atoms with Crippen molar-refractivity contribution in [1.82, 2.24) is 24.8 Å². The number of halogens is 1. The molecule has 0 aliphatic carbocycles. The second kappa shape index (κ2) is 7.16. The minimum absolute atomic E-state index is 0.00551. The molecule has 2 aromatic rings. The van der Waals surface area contributed by atoms with Crippen LogP contribution in [0.3, 0.4) is 0 Å². The zero-order chi connectivity index (χ0) is 16.2. The Morgan fingerprint density at radius 1 is 1.35 bits per heavy atom. The maximum atomic E-state index is 13.6. The Kier molecular flexibility index (Phi) is 5.00. The highest BCUT2D eigenvalue weighted by Gasteiger charge is 2.33. The van der Waals surface area contributed by atoms with Crippen LogP contribution in [-0.2, 0) is 18.3 Å². The minimum Gasteiger partial charge on any atom is -0.374 e. The van der Waals surface area contributed by atoms with E-state index in [4.69, 9.17) is 4.74 Å². The lowest BCUT2D eigenvalue weighted by molar-refractivity contribution is -0.0636. The van der Waals surface area contributed by atoms with Gasteiger partial charge in [0.15, 0.2) is 0 Å². The maximum Gasteiger partial charge on any atom is 0.145 e. The van der Waals surface area contributed by atoms with Crippen molar-refractivity contribution in [3.8, 4) is 0 Å². The summed E-state index contributed by atoms with van der Waals surface area (Å²) >= 11 is 0. The molecule has 1 fully saturated rings. The highest BCUT2D eigenvalue weighted by atomic mass is 19.1. The van der Waals surface area contributed by atoms with Crippen molar-refractivity contribution >= 4 is 0 Å². The molecular formula is C16H22FN5O. The number of likely N-dealkylation sites (N-methyl/N-ethyl adjacent to an activating group) is 1. The molecule has 23 heavy (non-hydrogen) atoms. The van der Waals surface area contributed by atoms with E-state index in [0.717, 1.165) is 12.2 Å². The third-order valence-corrected chi connectivity index (χ3v) is 4.28. The zero-order valence-corrected chi connectivity index (χ0v) is 13.4. The van der Waals surface area contributed by atoms with Gasteiger partial charge in [-0.05, 0) is 13.1 Å². The molecule has 124 valence electrons. The van der Waals surface area contributed by atoms with Crippen LogP contribution in [0.25, 0.3) is 0 Å². The Morgan fingerprint density at radius 3 is 2.96 bits per heavy atom. The van der Waals surface area contributed by atoms with Crippen molar-refractivity contribution in [3.63, 3.8) is 0 Å². The van der Waals surface area contributed by atoms with Crippen molar-refractivity contribution < 1.29 is 9.13 Å². The van der Waals surface area contributed by atoms with Gasteiger partial charge in [0.05, 0.1) is 37.0 Å². The number of rotatable bonds is 5. The molecule has 7 heteroatoms. The van der Waals surface area contributed by atoms with Crippen LogP contribution in [0, 0.1) is 5.82 Å². The predicted molar refractivity (Wildman–Crippen MR) is 84.2 cm³/mol. The molecule has 1 saturated heterocycles. The van der Waals surface area contributed by atoms with Crippen molar-refractivity contribution in [2.75, 3.05) is 26.7 Å². The van der Waals surface area contributed by atoms with E-state index < -0.39 is 0 Å². The Labute approximate surface area is 135 Å². The SMILES string of the molecule is CN1CCO[C@@H](CNCc2ccncc2F)[C@@H]1c1cncn1C. The molecule has 0 spiro atoms. The first-order valence-electron chi connectivity index (χ1n) is 7.74. The predicted octanol–water partition coefficient (Wildman–Crippen LogP) is 1.12. The highest BCUT2D eigenvalue weighted by Crippen LogP contribution is 2.27. The number of morpholine rings is 1. The first kappa shape index (κ1) is 16.0. The molecule has 6 nitrogen and oxygen atoms in total. The maximum absolute atomic E-state index is 13.6. The molecule has 0 saturated carbocycles. The van der Waals surface area contributed by atoms with Crippen molar-refractivity contribution in [1.29, 1.82) is 0 Å². The number of hydrogen-bond donors (Lipinski definition) is 1. The van der Waals surface area contributed by atoms with Gasteiger partial charge in [-0.3, -0.25) is 9.88 Å². The molecule has 1 aliphatic rings. The fourth-order valence-corrected chi connectivity index (χ4v) is 3.00.